The van der Waals surface area contributed by atoms with Gasteiger partial charge in [-0.25, -0.2) is 8.42 Å². The lowest BCUT2D eigenvalue weighted by Gasteiger charge is -2.23. The maximum atomic E-state index is 12.7. The summed E-state index contributed by atoms with van der Waals surface area (Å²) in [5.74, 6) is -0.245. The molecule has 0 fully saturated rings. The molecule has 0 spiro atoms. The lowest BCUT2D eigenvalue weighted by Crippen LogP contribution is -2.37. The molecule has 0 aliphatic rings. The molecule has 2 aromatic carbocycles. The van der Waals surface area contributed by atoms with Gasteiger partial charge in [0.05, 0.1) is 11.9 Å². The number of para-hydroxylation sites is 1. The number of hydrogen-bond donors (Lipinski definition) is 1. The minimum absolute atomic E-state index is 0.206. The summed E-state index contributed by atoms with van der Waals surface area (Å²) in [7, 11) is -3.72. The van der Waals surface area contributed by atoms with Crippen LogP contribution >= 0.6 is 23.2 Å². The molecule has 0 bridgehead atoms. The number of halogens is 2. The van der Waals surface area contributed by atoms with E-state index < -0.39 is 15.9 Å². The highest BCUT2D eigenvalue weighted by Gasteiger charge is 2.22. The highest BCUT2D eigenvalue weighted by atomic mass is 35.5. The van der Waals surface area contributed by atoms with Gasteiger partial charge in [-0.2, -0.15) is 0 Å². The van der Waals surface area contributed by atoms with Crippen molar-refractivity contribution < 1.29 is 13.2 Å². The Labute approximate surface area is 170 Å². The number of anilines is 2. The van der Waals surface area contributed by atoms with E-state index in [4.69, 9.17) is 23.2 Å². The van der Waals surface area contributed by atoms with Crippen molar-refractivity contribution in [1.29, 1.82) is 0 Å². The first-order chi connectivity index (χ1) is 12.5. The van der Waals surface area contributed by atoms with E-state index >= 15 is 0 Å². The first-order valence-corrected chi connectivity index (χ1v) is 10.9. The van der Waals surface area contributed by atoms with E-state index in [0.29, 0.717) is 5.69 Å². The number of amides is 1. The lowest BCUT2D eigenvalue weighted by atomic mass is 9.98. The van der Waals surface area contributed by atoms with E-state index in [1.165, 1.54) is 18.2 Å². The van der Waals surface area contributed by atoms with E-state index in [9.17, 15) is 13.2 Å². The molecule has 2 aromatic rings. The molecule has 2 rings (SSSR count). The van der Waals surface area contributed by atoms with Gasteiger partial charge in [0.2, 0.25) is 15.9 Å². The summed E-state index contributed by atoms with van der Waals surface area (Å²) in [5.41, 5.74) is 2.83. The maximum Gasteiger partial charge on any atom is 0.245 e. The number of nitrogens with one attached hydrogen (secondary N) is 1. The molecule has 27 heavy (non-hydrogen) atoms. The first-order valence-electron chi connectivity index (χ1n) is 8.32. The van der Waals surface area contributed by atoms with Crippen LogP contribution in [0.1, 0.15) is 30.9 Å². The SMILES string of the molecule is Cc1cccc(C(C)C)c1NC(=O)CN(c1cc(Cl)cc(Cl)c1)S(C)(=O)=O. The topological polar surface area (TPSA) is 66.5 Å². The van der Waals surface area contributed by atoms with Crippen LogP contribution in [-0.4, -0.2) is 27.1 Å². The van der Waals surface area contributed by atoms with Crippen molar-refractivity contribution in [2.24, 2.45) is 0 Å². The smallest absolute Gasteiger partial charge is 0.245 e. The Bertz CT molecular complexity index is 939. The molecule has 0 aliphatic carbocycles. The monoisotopic (exact) mass is 428 g/mol. The zero-order valence-corrected chi connectivity index (χ0v) is 17.9. The Morgan fingerprint density at radius 1 is 1.15 bits per heavy atom. The van der Waals surface area contributed by atoms with Gasteiger partial charge in [-0.3, -0.25) is 9.10 Å². The zero-order chi connectivity index (χ0) is 20.4. The van der Waals surface area contributed by atoms with Crippen LogP contribution in [0.3, 0.4) is 0 Å². The second-order valence-corrected chi connectivity index (χ2v) is 9.42. The normalized spacial score (nSPS) is 11.5. The van der Waals surface area contributed by atoms with Gasteiger partial charge in [-0.15, -0.1) is 0 Å². The lowest BCUT2D eigenvalue weighted by molar-refractivity contribution is -0.114. The summed E-state index contributed by atoms with van der Waals surface area (Å²) in [5, 5.41) is 3.42. The van der Waals surface area contributed by atoms with E-state index in [1.54, 1.807) is 0 Å². The first kappa shape index (κ1) is 21.5. The molecule has 5 nitrogen and oxygen atoms in total. The molecule has 0 saturated carbocycles. The summed E-state index contributed by atoms with van der Waals surface area (Å²) >= 11 is 12.0. The summed E-state index contributed by atoms with van der Waals surface area (Å²) in [6.45, 7) is 5.57. The van der Waals surface area contributed by atoms with Crippen molar-refractivity contribution in [3.8, 4) is 0 Å². The maximum absolute atomic E-state index is 12.7. The fourth-order valence-corrected chi connectivity index (χ4v) is 4.09. The van der Waals surface area contributed by atoms with Gasteiger partial charge in [0.25, 0.3) is 0 Å². The third-order valence-corrected chi connectivity index (χ3v) is 5.59. The summed E-state index contributed by atoms with van der Waals surface area (Å²) < 4.78 is 25.5. The fraction of sp³-hybridized carbons (Fsp3) is 0.316. The van der Waals surface area contributed by atoms with Gasteiger partial charge in [-0.1, -0.05) is 55.2 Å². The van der Waals surface area contributed by atoms with E-state index in [1.807, 2.05) is 39.0 Å². The molecular formula is C19H22Cl2N2O3S. The zero-order valence-electron chi connectivity index (χ0n) is 15.6. The Kier molecular flexibility index (Phi) is 6.78. The Morgan fingerprint density at radius 3 is 2.26 bits per heavy atom. The highest BCUT2D eigenvalue weighted by Crippen LogP contribution is 2.29. The molecule has 0 atom stereocenters. The van der Waals surface area contributed by atoms with Crippen LogP contribution in [0.4, 0.5) is 11.4 Å². The van der Waals surface area contributed by atoms with Gasteiger partial charge >= 0.3 is 0 Å². The largest absolute Gasteiger partial charge is 0.324 e. The van der Waals surface area contributed by atoms with Gasteiger partial charge in [0, 0.05) is 15.7 Å². The van der Waals surface area contributed by atoms with E-state index in [-0.39, 0.29) is 28.2 Å². The van der Waals surface area contributed by atoms with Crippen molar-refractivity contribution >= 4 is 50.5 Å². The van der Waals surface area contributed by atoms with Crippen LogP contribution in [0.2, 0.25) is 10.0 Å². The van der Waals surface area contributed by atoms with Crippen molar-refractivity contribution in [2.45, 2.75) is 26.7 Å². The third-order valence-electron chi connectivity index (χ3n) is 4.01. The number of benzene rings is 2. The molecule has 0 unspecified atom stereocenters. The third kappa shape index (κ3) is 5.61. The molecule has 1 amide bonds. The van der Waals surface area contributed by atoms with Crippen LogP contribution in [0, 0.1) is 6.92 Å². The molecule has 0 radical (unpaired) electrons. The van der Waals surface area contributed by atoms with Crippen molar-refractivity contribution in [1.82, 2.24) is 0 Å². The molecule has 0 aromatic heterocycles. The summed E-state index contributed by atoms with van der Waals surface area (Å²) in [4.78, 5) is 12.7. The van der Waals surface area contributed by atoms with Gasteiger partial charge in [0.1, 0.15) is 6.54 Å². The van der Waals surface area contributed by atoms with Gasteiger partial charge in [0.15, 0.2) is 0 Å². The van der Waals surface area contributed by atoms with Crippen LogP contribution in [0.25, 0.3) is 0 Å². The molecule has 8 heteroatoms. The van der Waals surface area contributed by atoms with Gasteiger partial charge in [-0.05, 0) is 42.2 Å². The van der Waals surface area contributed by atoms with Crippen LogP contribution in [0.15, 0.2) is 36.4 Å². The minimum atomic E-state index is -3.72. The Balaban J connectivity index is 2.34. The predicted octanol–water partition coefficient (Wildman–Crippen LogP) is 4.83. The molecular weight excluding hydrogens is 407 g/mol. The molecule has 1 N–H and O–H groups in total. The summed E-state index contributed by atoms with van der Waals surface area (Å²) in [6.07, 6.45) is 1.03. The van der Waals surface area contributed by atoms with Crippen LogP contribution in [-0.2, 0) is 14.8 Å². The molecule has 0 aliphatic heterocycles. The van der Waals surface area contributed by atoms with E-state index in [2.05, 4.69) is 5.32 Å². The van der Waals surface area contributed by atoms with Gasteiger partial charge < -0.3 is 5.32 Å². The number of sulfonamides is 1. The number of rotatable bonds is 6. The number of carbonyl (C=O) groups is 1. The summed E-state index contributed by atoms with van der Waals surface area (Å²) in [6, 6.07) is 10.2. The number of hydrogen-bond acceptors (Lipinski definition) is 3. The average Bonchev–Trinajstić information content (AvgIpc) is 2.52. The van der Waals surface area contributed by atoms with Crippen LogP contribution < -0.4 is 9.62 Å². The van der Waals surface area contributed by atoms with Crippen molar-refractivity contribution in [3.05, 3.63) is 57.6 Å². The standard InChI is InChI=1S/C19H22Cl2N2O3S/c1-12(2)17-7-5-6-13(3)19(17)22-18(24)11-23(27(4,25)26)16-9-14(20)8-15(21)10-16/h5-10,12H,11H2,1-4H3,(H,22,24). The second-order valence-electron chi connectivity index (χ2n) is 6.64. The van der Waals surface area contributed by atoms with E-state index in [0.717, 1.165) is 21.7 Å². The fourth-order valence-electron chi connectivity index (χ4n) is 2.73. The van der Waals surface area contributed by atoms with Crippen molar-refractivity contribution in [3.63, 3.8) is 0 Å². The number of nitrogens with zero attached hydrogens (tertiary/aromatic N) is 1. The minimum Gasteiger partial charge on any atom is -0.324 e. The molecule has 0 heterocycles. The van der Waals surface area contributed by atoms with Crippen LogP contribution in [0.5, 0.6) is 0 Å². The highest BCUT2D eigenvalue weighted by molar-refractivity contribution is 7.92. The Hall–Kier alpha value is -1.76. The quantitative estimate of drug-likeness (QED) is 0.715. The average molecular weight is 429 g/mol. The Morgan fingerprint density at radius 2 is 1.74 bits per heavy atom. The number of aryl methyl sites for hydroxylation is 1. The molecule has 146 valence electrons. The van der Waals surface area contributed by atoms with Crippen molar-refractivity contribution in [2.75, 3.05) is 22.4 Å². The number of carbonyl (C=O) groups excluding carboxylic acids is 1. The molecule has 0 saturated heterocycles. The predicted molar refractivity (Wildman–Crippen MR) is 113 cm³/mol. The second kappa shape index (κ2) is 8.50.